The van der Waals surface area contributed by atoms with E-state index in [1.807, 2.05) is 66.7 Å². The Morgan fingerprint density at radius 2 is 1.43 bits per heavy atom. The second-order valence-electron chi connectivity index (χ2n) is 6.58. The maximum absolute atomic E-state index is 12.5. The third-order valence-electron chi connectivity index (χ3n) is 4.39. The van der Waals surface area contributed by atoms with Crippen LogP contribution in [0, 0.1) is 0 Å². The summed E-state index contributed by atoms with van der Waals surface area (Å²) in [5.41, 5.74) is 2.12. The summed E-state index contributed by atoms with van der Waals surface area (Å²) in [6, 6.07) is 25.3. The number of carbonyl (C=O) groups is 1. The molecule has 0 fully saturated rings. The van der Waals surface area contributed by atoms with Crippen molar-refractivity contribution in [3.8, 4) is 5.75 Å². The fourth-order valence-corrected chi connectivity index (χ4v) is 2.92. The standard InChI is InChI=1S/C26H18O4/c27-24-18-22(13-11-19-7-3-1-4-8-19)29-25-15-14-21(17-23(24)25)30-26(28)16-12-20-9-5-2-6-10-20/h1-18H/b13-11+,16-12+. The van der Waals surface area contributed by atoms with Crippen molar-refractivity contribution in [1.82, 2.24) is 0 Å². The molecule has 1 aromatic heterocycles. The van der Waals surface area contributed by atoms with Crippen molar-refractivity contribution in [2.45, 2.75) is 0 Å². The molecule has 0 saturated heterocycles. The van der Waals surface area contributed by atoms with E-state index in [9.17, 15) is 9.59 Å². The summed E-state index contributed by atoms with van der Waals surface area (Å²) in [6.07, 6.45) is 6.64. The maximum atomic E-state index is 12.5. The number of benzene rings is 3. The van der Waals surface area contributed by atoms with Gasteiger partial charge in [0.25, 0.3) is 0 Å². The molecule has 0 aliphatic heterocycles. The van der Waals surface area contributed by atoms with Gasteiger partial charge in [0.1, 0.15) is 17.1 Å². The minimum atomic E-state index is -0.523. The lowest BCUT2D eigenvalue weighted by Crippen LogP contribution is -2.05. The molecule has 4 rings (SSSR count). The summed E-state index contributed by atoms with van der Waals surface area (Å²) in [4.78, 5) is 24.6. The van der Waals surface area contributed by atoms with Crippen LogP contribution in [0.25, 0.3) is 29.2 Å². The molecular formula is C26H18O4. The summed E-state index contributed by atoms with van der Waals surface area (Å²) in [5, 5.41) is 0.351. The van der Waals surface area contributed by atoms with Crippen LogP contribution >= 0.6 is 0 Å². The van der Waals surface area contributed by atoms with Crippen LogP contribution in [-0.4, -0.2) is 5.97 Å². The molecule has 146 valence electrons. The monoisotopic (exact) mass is 394 g/mol. The number of esters is 1. The fourth-order valence-electron chi connectivity index (χ4n) is 2.92. The van der Waals surface area contributed by atoms with Crippen molar-refractivity contribution in [1.29, 1.82) is 0 Å². The van der Waals surface area contributed by atoms with E-state index in [4.69, 9.17) is 9.15 Å². The van der Waals surface area contributed by atoms with Crippen molar-refractivity contribution < 1.29 is 13.9 Å². The Kier molecular flexibility index (Phi) is 5.67. The smallest absolute Gasteiger partial charge is 0.336 e. The molecule has 4 aromatic rings. The molecule has 0 bridgehead atoms. The Bertz CT molecular complexity index is 1280. The van der Waals surface area contributed by atoms with Gasteiger partial charge in [0.2, 0.25) is 0 Å². The molecule has 0 N–H and O–H groups in total. The molecule has 0 saturated carbocycles. The largest absolute Gasteiger partial charge is 0.456 e. The van der Waals surface area contributed by atoms with Gasteiger partial charge in [-0.15, -0.1) is 0 Å². The third-order valence-corrected chi connectivity index (χ3v) is 4.39. The van der Waals surface area contributed by atoms with Crippen molar-refractivity contribution >= 4 is 35.2 Å². The molecule has 0 radical (unpaired) electrons. The van der Waals surface area contributed by atoms with E-state index < -0.39 is 5.97 Å². The molecule has 30 heavy (non-hydrogen) atoms. The number of ether oxygens (including phenoxy) is 1. The summed E-state index contributed by atoms with van der Waals surface area (Å²) in [5.74, 6) is 0.210. The van der Waals surface area contributed by atoms with Gasteiger partial charge in [-0.2, -0.15) is 0 Å². The zero-order chi connectivity index (χ0) is 20.8. The first-order valence-electron chi connectivity index (χ1n) is 9.43. The van der Waals surface area contributed by atoms with E-state index in [-0.39, 0.29) is 11.2 Å². The Hall–Kier alpha value is -4.18. The number of fused-ring (bicyclic) bond motifs is 1. The van der Waals surface area contributed by atoms with E-state index >= 15 is 0 Å². The van der Waals surface area contributed by atoms with E-state index in [1.165, 1.54) is 18.2 Å². The normalized spacial score (nSPS) is 11.3. The van der Waals surface area contributed by atoms with Gasteiger partial charge in [0, 0.05) is 12.1 Å². The van der Waals surface area contributed by atoms with Crippen LogP contribution in [0.5, 0.6) is 5.75 Å². The van der Waals surface area contributed by atoms with Crippen LogP contribution in [0.3, 0.4) is 0 Å². The maximum Gasteiger partial charge on any atom is 0.336 e. The summed E-state index contributed by atoms with van der Waals surface area (Å²) >= 11 is 0. The highest BCUT2D eigenvalue weighted by molar-refractivity contribution is 5.89. The first-order chi connectivity index (χ1) is 14.7. The minimum absolute atomic E-state index is 0.207. The Morgan fingerprint density at radius 1 is 0.767 bits per heavy atom. The summed E-state index contributed by atoms with van der Waals surface area (Å²) in [7, 11) is 0. The average molecular weight is 394 g/mol. The van der Waals surface area contributed by atoms with Crippen LogP contribution in [-0.2, 0) is 4.79 Å². The van der Waals surface area contributed by atoms with Gasteiger partial charge < -0.3 is 9.15 Å². The quantitative estimate of drug-likeness (QED) is 0.252. The highest BCUT2D eigenvalue weighted by atomic mass is 16.5. The molecule has 0 unspecified atom stereocenters. The first-order valence-corrected chi connectivity index (χ1v) is 9.43. The summed E-state index contributed by atoms with van der Waals surface area (Å²) < 4.78 is 11.1. The molecule has 0 aliphatic rings. The molecule has 4 heteroatoms. The van der Waals surface area contributed by atoms with Crippen molar-refractivity contribution in [2.75, 3.05) is 0 Å². The molecule has 4 nitrogen and oxygen atoms in total. The Morgan fingerprint density at radius 3 is 2.13 bits per heavy atom. The van der Waals surface area contributed by atoms with Gasteiger partial charge in [-0.25, -0.2) is 4.79 Å². The number of carbonyl (C=O) groups excluding carboxylic acids is 1. The van der Waals surface area contributed by atoms with Crippen LogP contribution < -0.4 is 10.2 Å². The molecule has 3 aromatic carbocycles. The van der Waals surface area contributed by atoms with E-state index in [0.717, 1.165) is 11.1 Å². The predicted molar refractivity (Wildman–Crippen MR) is 119 cm³/mol. The Labute approximate surface area is 173 Å². The van der Waals surface area contributed by atoms with Crippen LogP contribution in [0.2, 0.25) is 0 Å². The number of rotatable bonds is 5. The SMILES string of the molecule is O=C(/C=C/c1ccccc1)Oc1ccc2oc(/C=C/c3ccccc3)cc(=O)c2c1. The molecule has 0 aliphatic carbocycles. The lowest BCUT2D eigenvalue weighted by atomic mass is 10.2. The molecular weight excluding hydrogens is 376 g/mol. The zero-order valence-electron chi connectivity index (χ0n) is 16.0. The van der Waals surface area contributed by atoms with Gasteiger partial charge >= 0.3 is 5.97 Å². The zero-order valence-corrected chi connectivity index (χ0v) is 16.0. The van der Waals surface area contributed by atoms with Crippen molar-refractivity contribution in [3.05, 3.63) is 118 Å². The van der Waals surface area contributed by atoms with E-state index in [2.05, 4.69) is 0 Å². The summed E-state index contributed by atoms with van der Waals surface area (Å²) in [6.45, 7) is 0. The van der Waals surface area contributed by atoms with E-state index in [1.54, 1.807) is 24.3 Å². The number of hydrogen-bond acceptors (Lipinski definition) is 4. The fraction of sp³-hybridized carbons (Fsp3) is 0. The van der Waals surface area contributed by atoms with Crippen LogP contribution in [0.1, 0.15) is 16.9 Å². The van der Waals surface area contributed by atoms with Gasteiger partial charge in [-0.3, -0.25) is 4.79 Å². The number of hydrogen-bond donors (Lipinski definition) is 0. The van der Waals surface area contributed by atoms with Gasteiger partial charge in [-0.05, 0) is 41.5 Å². The highest BCUT2D eigenvalue weighted by Crippen LogP contribution is 2.20. The van der Waals surface area contributed by atoms with Gasteiger partial charge in [0.15, 0.2) is 5.43 Å². The third kappa shape index (κ3) is 4.80. The first kappa shape index (κ1) is 19.2. The minimum Gasteiger partial charge on any atom is -0.456 e. The second-order valence-corrected chi connectivity index (χ2v) is 6.58. The average Bonchev–Trinajstić information content (AvgIpc) is 2.78. The molecule has 0 atom stereocenters. The van der Waals surface area contributed by atoms with Crippen molar-refractivity contribution in [3.63, 3.8) is 0 Å². The van der Waals surface area contributed by atoms with Crippen LogP contribution in [0.4, 0.5) is 0 Å². The van der Waals surface area contributed by atoms with E-state index in [0.29, 0.717) is 16.7 Å². The van der Waals surface area contributed by atoms with Gasteiger partial charge in [0.05, 0.1) is 5.39 Å². The molecule has 0 spiro atoms. The molecule has 0 amide bonds. The highest BCUT2D eigenvalue weighted by Gasteiger charge is 2.07. The van der Waals surface area contributed by atoms with Crippen molar-refractivity contribution in [2.24, 2.45) is 0 Å². The molecule has 1 heterocycles. The lowest BCUT2D eigenvalue weighted by molar-refractivity contribution is -0.128. The second kappa shape index (κ2) is 8.88. The lowest BCUT2D eigenvalue weighted by Gasteiger charge is -2.04. The predicted octanol–water partition coefficient (Wildman–Crippen LogP) is 5.58. The van der Waals surface area contributed by atoms with Crippen LogP contribution in [0.15, 0.2) is 100 Å². The van der Waals surface area contributed by atoms with Gasteiger partial charge in [-0.1, -0.05) is 66.7 Å². The Balaban J connectivity index is 1.52. The topological polar surface area (TPSA) is 56.5 Å².